The van der Waals surface area contributed by atoms with Crippen molar-refractivity contribution in [2.75, 3.05) is 59.4 Å². The topological polar surface area (TPSA) is 55.8 Å². The molecule has 1 aromatic heterocycles. The third-order valence-corrected chi connectivity index (χ3v) is 6.17. The molecule has 0 atom stereocenters. The van der Waals surface area contributed by atoms with Crippen molar-refractivity contribution >= 4 is 17.3 Å². The number of aliphatic imine (C=N–C) groups is 1. The second kappa shape index (κ2) is 11.5. The molecule has 0 radical (unpaired) electrons. The van der Waals surface area contributed by atoms with Crippen LogP contribution in [0.5, 0.6) is 0 Å². The van der Waals surface area contributed by atoms with Crippen molar-refractivity contribution in [2.24, 2.45) is 4.99 Å². The lowest BCUT2D eigenvalue weighted by Gasteiger charge is -2.34. The third-order valence-electron chi connectivity index (χ3n) is 5.03. The van der Waals surface area contributed by atoms with E-state index in [2.05, 4.69) is 51.2 Å². The number of piperazine rings is 1. The SMILES string of the molecule is CCN1CCN(CCCCNC(=NC)NCCc2nc(C)c(C)s2)CC1. The highest BCUT2D eigenvalue weighted by Gasteiger charge is 2.14. The van der Waals surface area contributed by atoms with Gasteiger partial charge in [0.2, 0.25) is 0 Å². The second-order valence-corrected chi connectivity index (χ2v) is 8.20. The molecule has 1 fully saturated rings. The number of hydrogen-bond acceptors (Lipinski definition) is 5. The van der Waals surface area contributed by atoms with Gasteiger partial charge >= 0.3 is 0 Å². The highest BCUT2D eigenvalue weighted by atomic mass is 32.1. The van der Waals surface area contributed by atoms with Crippen molar-refractivity contribution < 1.29 is 0 Å². The van der Waals surface area contributed by atoms with Crippen molar-refractivity contribution in [3.05, 3.63) is 15.6 Å². The van der Waals surface area contributed by atoms with Gasteiger partial charge in [0.05, 0.1) is 10.7 Å². The fourth-order valence-corrected chi connectivity index (χ4v) is 4.08. The maximum Gasteiger partial charge on any atom is 0.190 e. The normalized spacial score (nSPS) is 16.8. The number of unbranched alkanes of at least 4 members (excludes halogenated alkanes) is 1. The van der Waals surface area contributed by atoms with E-state index in [0.29, 0.717) is 0 Å². The zero-order valence-electron chi connectivity index (χ0n) is 17.0. The van der Waals surface area contributed by atoms with Crippen molar-refractivity contribution in [1.29, 1.82) is 0 Å². The highest BCUT2D eigenvalue weighted by molar-refractivity contribution is 7.11. The molecule has 0 spiro atoms. The molecule has 0 unspecified atom stereocenters. The highest BCUT2D eigenvalue weighted by Crippen LogP contribution is 2.16. The van der Waals surface area contributed by atoms with E-state index in [4.69, 9.17) is 0 Å². The lowest BCUT2D eigenvalue weighted by molar-refractivity contribution is 0.136. The molecule has 2 N–H and O–H groups in total. The number of aromatic nitrogens is 1. The van der Waals surface area contributed by atoms with Gasteiger partial charge in [-0.2, -0.15) is 0 Å². The number of nitrogens with one attached hydrogen (secondary N) is 2. The largest absolute Gasteiger partial charge is 0.356 e. The number of aryl methyl sites for hydroxylation is 2. The summed E-state index contributed by atoms with van der Waals surface area (Å²) in [6.45, 7) is 15.6. The van der Waals surface area contributed by atoms with Gasteiger partial charge in [0.1, 0.15) is 0 Å². The maximum absolute atomic E-state index is 4.58. The van der Waals surface area contributed by atoms with E-state index >= 15 is 0 Å². The van der Waals surface area contributed by atoms with Crippen LogP contribution in [-0.4, -0.2) is 80.1 Å². The first-order valence-corrected chi connectivity index (χ1v) is 10.8. The lowest BCUT2D eigenvalue weighted by Crippen LogP contribution is -2.46. The summed E-state index contributed by atoms with van der Waals surface area (Å²) in [5, 5.41) is 8.01. The van der Waals surface area contributed by atoms with E-state index in [-0.39, 0.29) is 0 Å². The molecule has 0 saturated carbocycles. The number of likely N-dealkylation sites (N-methyl/N-ethyl adjacent to an activating group) is 1. The van der Waals surface area contributed by atoms with E-state index in [1.165, 1.54) is 62.0 Å². The third kappa shape index (κ3) is 7.21. The van der Waals surface area contributed by atoms with Gasteiger partial charge in [-0.3, -0.25) is 4.99 Å². The Labute approximate surface area is 163 Å². The van der Waals surface area contributed by atoms with Crippen molar-refractivity contribution in [3.63, 3.8) is 0 Å². The monoisotopic (exact) mass is 380 g/mol. The number of hydrogen-bond donors (Lipinski definition) is 2. The van der Waals surface area contributed by atoms with Crippen LogP contribution in [0, 0.1) is 13.8 Å². The molecule has 6 nitrogen and oxygen atoms in total. The summed E-state index contributed by atoms with van der Waals surface area (Å²) in [7, 11) is 1.83. The van der Waals surface area contributed by atoms with Gasteiger partial charge in [0.15, 0.2) is 5.96 Å². The second-order valence-electron chi connectivity index (χ2n) is 6.91. The van der Waals surface area contributed by atoms with Crippen LogP contribution < -0.4 is 10.6 Å². The molecule has 2 heterocycles. The van der Waals surface area contributed by atoms with Gasteiger partial charge in [-0.05, 0) is 39.8 Å². The summed E-state index contributed by atoms with van der Waals surface area (Å²) in [4.78, 5) is 15.3. The lowest BCUT2D eigenvalue weighted by atomic mass is 10.2. The molecule has 26 heavy (non-hydrogen) atoms. The quantitative estimate of drug-likeness (QED) is 0.389. The molecule has 0 aliphatic carbocycles. The summed E-state index contributed by atoms with van der Waals surface area (Å²) in [6.07, 6.45) is 3.37. The first kappa shape index (κ1) is 21.1. The minimum Gasteiger partial charge on any atom is -0.356 e. The Balaban J connectivity index is 1.52. The van der Waals surface area contributed by atoms with Gasteiger partial charge < -0.3 is 20.4 Å². The van der Waals surface area contributed by atoms with Gasteiger partial charge in [-0.15, -0.1) is 11.3 Å². The molecule has 0 bridgehead atoms. The summed E-state index contributed by atoms with van der Waals surface area (Å²) in [6, 6.07) is 0. The fourth-order valence-electron chi connectivity index (χ4n) is 3.15. The summed E-state index contributed by atoms with van der Waals surface area (Å²) < 4.78 is 0. The van der Waals surface area contributed by atoms with Gasteiger partial charge in [-0.25, -0.2) is 4.98 Å². The fraction of sp³-hybridized carbons (Fsp3) is 0.789. The summed E-state index contributed by atoms with van der Waals surface area (Å²) in [5.74, 6) is 0.895. The minimum atomic E-state index is 0.869. The van der Waals surface area contributed by atoms with Crippen LogP contribution in [-0.2, 0) is 6.42 Å². The predicted molar refractivity (Wildman–Crippen MR) is 112 cm³/mol. The smallest absolute Gasteiger partial charge is 0.190 e. The molecule has 1 aliphatic rings. The van der Waals surface area contributed by atoms with E-state index < -0.39 is 0 Å². The summed E-state index contributed by atoms with van der Waals surface area (Å²) in [5.41, 5.74) is 1.16. The number of rotatable bonds is 9. The number of nitrogens with zero attached hydrogens (tertiary/aromatic N) is 4. The minimum absolute atomic E-state index is 0.869. The molecule has 148 valence electrons. The molecule has 0 aromatic carbocycles. The molecule has 0 amide bonds. The standard InChI is InChI=1S/C19H36N6S/c1-5-24-12-14-25(15-13-24)11-7-6-9-21-19(20-4)22-10-8-18-23-16(2)17(3)26-18/h5-15H2,1-4H3,(H2,20,21,22). The van der Waals surface area contributed by atoms with E-state index in [1.807, 2.05) is 7.05 Å². The Morgan fingerprint density at radius 2 is 1.77 bits per heavy atom. The number of guanidine groups is 1. The van der Waals surface area contributed by atoms with Crippen LogP contribution in [0.25, 0.3) is 0 Å². The Kier molecular flexibility index (Phi) is 9.36. The van der Waals surface area contributed by atoms with Crippen molar-refractivity contribution in [1.82, 2.24) is 25.4 Å². The zero-order valence-corrected chi connectivity index (χ0v) is 17.8. The molecular weight excluding hydrogens is 344 g/mol. The Morgan fingerprint density at radius 3 is 2.38 bits per heavy atom. The molecule has 1 saturated heterocycles. The van der Waals surface area contributed by atoms with Crippen molar-refractivity contribution in [3.8, 4) is 0 Å². The first-order valence-electron chi connectivity index (χ1n) is 9.94. The van der Waals surface area contributed by atoms with Crippen LogP contribution in [0.15, 0.2) is 4.99 Å². The predicted octanol–water partition coefficient (Wildman–Crippen LogP) is 1.89. The average Bonchev–Trinajstić information content (AvgIpc) is 2.98. The van der Waals surface area contributed by atoms with E-state index in [9.17, 15) is 0 Å². The molecule has 1 aliphatic heterocycles. The first-order chi connectivity index (χ1) is 12.6. The molecule has 2 rings (SSSR count). The van der Waals surface area contributed by atoms with Crippen molar-refractivity contribution in [2.45, 2.75) is 40.0 Å². The van der Waals surface area contributed by atoms with Gasteiger partial charge in [-0.1, -0.05) is 6.92 Å². The summed E-state index contributed by atoms with van der Waals surface area (Å²) >= 11 is 1.79. The van der Waals surface area contributed by atoms with Crippen LogP contribution in [0.3, 0.4) is 0 Å². The van der Waals surface area contributed by atoms with Crippen LogP contribution in [0.1, 0.15) is 35.3 Å². The van der Waals surface area contributed by atoms with Crippen LogP contribution in [0.2, 0.25) is 0 Å². The zero-order chi connectivity index (χ0) is 18.8. The average molecular weight is 381 g/mol. The van der Waals surface area contributed by atoms with E-state index in [0.717, 1.165) is 31.2 Å². The maximum atomic E-state index is 4.58. The molecule has 1 aromatic rings. The van der Waals surface area contributed by atoms with Gasteiger partial charge in [0, 0.05) is 57.6 Å². The van der Waals surface area contributed by atoms with Gasteiger partial charge in [0.25, 0.3) is 0 Å². The number of thiazole rings is 1. The Hall–Kier alpha value is -1.18. The molecule has 7 heteroatoms. The Morgan fingerprint density at radius 1 is 1.08 bits per heavy atom. The van der Waals surface area contributed by atoms with E-state index in [1.54, 1.807) is 11.3 Å². The van der Waals surface area contributed by atoms with Crippen LogP contribution in [0.4, 0.5) is 0 Å². The Bertz CT molecular complexity index is 529. The molecular formula is C19H36N6S. The van der Waals surface area contributed by atoms with Crippen LogP contribution >= 0.6 is 11.3 Å².